The van der Waals surface area contributed by atoms with Crippen LogP contribution in [0.5, 0.6) is 0 Å². The number of hydrogen-bond acceptors (Lipinski definition) is 4. The Kier molecular flexibility index (Phi) is 24.1. The molecular weight excluding hydrogens is 1750 g/mol. The number of aromatic nitrogens is 1. The Morgan fingerprint density at radius 1 is 0.145 bits per heavy atom. The van der Waals surface area contributed by atoms with Crippen LogP contribution >= 0.6 is 0 Å². The lowest BCUT2D eigenvalue weighted by atomic mass is 9.87. The largest absolute Gasteiger partial charge is 0.310 e. The van der Waals surface area contributed by atoms with E-state index in [-0.39, 0.29) is 5.41 Å². The standard InChI is InChI=1S/2C48H33N.C45H36N2/c1-3-10-34(11-4-1)36-20-26-42(27-21-36)49(44-16-9-15-40(32-44)35-12-5-2-6-13-35)43-28-22-37(23-29-43)41-19-18-39-25-30-46-45-17-8-7-14-38(45)24-31-47(46)48(39)33-41;1-3-10-34(11-4-1)36-20-26-42(27-21-36)49(43-28-22-37(23-29-43)35-12-5-2-6-13-35)44-16-9-15-40(32-44)41-19-18-39-25-30-46-45-17-8-7-14-38(45)24-31-47(46)48(39)33-41;1-45(2,3)35-24-26-36(27-25-35)47(37-17-9-16-34(30-37)42-20-11-19-41(46-42)32-13-5-4-6-14-32)43-21-10-15-33-23-28-39-38-18-8-7-12-31(38)22-29-40(39)44(33)43/h2*1-33H;4-30H,1-3H3. The van der Waals surface area contributed by atoms with Crippen molar-refractivity contribution in [3.8, 4) is 89.3 Å². The van der Waals surface area contributed by atoms with Crippen molar-refractivity contribution in [1.29, 1.82) is 0 Å². The van der Waals surface area contributed by atoms with Crippen LogP contribution in [-0.2, 0) is 5.41 Å². The minimum absolute atomic E-state index is 0.0649. The second-order valence-electron chi connectivity index (χ2n) is 38.5. The Hall–Kier alpha value is -18.6. The summed E-state index contributed by atoms with van der Waals surface area (Å²) in [7, 11) is 0. The Bertz CT molecular complexity index is 9150. The van der Waals surface area contributed by atoms with Gasteiger partial charge in [-0.15, -0.1) is 0 Å². The van der Waals surface area contributed by atoms with Gasteiger partial charge in [0.05, 0.1) is 17.1 Å². The molecule has 25 aromatic carbocycles. The van der Waals surface area contributed by atoms with Crippen molar-refractivity contribution in [1.82, 2.24) is 4.98 Å². The fourth-order valence-electron chi connectivity index (χ4n) is 21.0. The van der Waals surface area contributed by atoms with Crippen LogP contribution in [0.4, 0.5) is 51.2 Å². The Morgan fingerprint density at radius 2 is 0.393 bits per heavy atom. The molecule has 145 heavy (non-hydrogen) atoms. The molecule has 4 nitrogen and oxygen atoms in total. The molecule has 1 heterocycles. The molecule has 26 rings (SSSR count). The molecule has 0 amide bonds. The van der Waals surface area contributed by atoms with Crippen molar-refractivity contribution in [3.63, 3.8) is 0 Å². The zero-order chi connectivity index (χ0) is 97.1. The molecule has 0 aliphatic carbocycles. The monoisotopic (exact) mass is 1850 g/mol. The van der Waals surface area contributed by atoms with Crippen LogP contribution in [0.15, 0.2) is 564 Å². The molecule has 0 radical (unpaired) electrons. The lowest BCUT2D eigenvalue weighted by molar-refractivity contribution is 0.590. The molecule has 0 aliphatic rings. The highest BCUT2D eigenvalue weighted by Crippen LogP contribution is 2.48. The van der Waals surface area contributed by atoms with Gasteiger partial charge in [0.1, 0.15) is 0 Å². The van der Waals surface area contributed by atoms with Crippen molar-refractivity contribution < 1.29 is 0 Å². The van der Waals surface area contributed by atoms with Gasteiger partial charge in [-0.05, 0) is 297 Å². The summed E-state index contributed by atoms with van der Waals surface area (Å²) in [4.78, 5) is 12.2. The van der Waals surface area contributed by atoms with E-state index in [1.807, 2.05) is 6.07 Å². The van der Waals surface area contributed by atoms with Crippen LogP contribution in [0.1, 0.15) is 26.3 Å². The third-order valence-corrected chi connectivity index (χ3v) is 28.5. The van der Waals surface area contributed by atoms with E-state index in [2.05, 4.69) is 594 Å². The lowest BCUT2D eigenvalue weighted by Gasteiger charge is -2.29. The first-order valence-corrected chi connectivity index (χ1v) is 50.0. The van der Waals surface area contributed by atoms with Crippen LogP contribution in [0.3, 0.4) is 0 Å². The molecule has 0 bridgehead atoms. The van der Waals surface area contributed by atoms with Crippen molar-refractivity contribution >= 4 is 148 Å². The van der Waals surface area contributed by atoms with E-state index in [0.717, 1.165) is 73.7 Å². The van der Waals surface area contributed by atoms with E-state index in [1.165, 1.54) is 169 Å². The number of anilines is 9. The number of pyridine rings is 1. The summed E-state index contributed by atoms with van der Waals surface area (Å²) in [5.74, 6) is 0. The van der Waals surface area contributed by atoms with Gasteiger partial charge in [0.2, 0.25) is 0 Å². The van der Waals surface area contributed by atoms with Crippen LogP contribution in [0, 0.1) is 0 Å². The Balaban J connectivity index is 0.000000117. The fourth-order valence-corrected chi connectivity index (χ4v) is 21.0. The summed E-state index contributed by atoms with van der Waals surface area (Å²) in [5.41, 5.74) is 30.0. The van der Waals surface area contributed by atoms with Crippen molar-refractivity contribution in [2.45, 2.75) is 26.2 Å². The maximum Gasteiger partial charge on any atom is 0.0710 e. The molecule has 0 unspecified atom stereocenters. The third kappa shape index (κ3) is 18.1. The average Bonchev–Trinajstić information content (AvgIpc) is 0.739. The maximum atomic E-state index is 5.10. The predicted molar refractivity (Wildman–Crippen MR) is 621 cm³/mol. The van der Waals surface area contributed by atoms with E-state index in [0.29, 0.717) is 0 Å². The second-order valence-corrected chi connectivity index (χ2v) is 38.5. The molecule has 0 fully saturated rings. The lowest BCUT2D eigenvalue weighted by Crippen LogP contribution is -2.13. The minimum atomic E-state index is 0.0649. The van der Waals surface area contributed by atoms with Crippen molar-refractivity contribution in [3.05, 3.63) is 570 Å². The van der Waals surface area contributed by atoms with E-state index < -0.39 is 0 Å². The highest BCUT2D eigenvalue weighted by atomic mass is 15.2. The summed E-state index contributed by atoms with van der Waals surface area (Å²) in [6, 6.07) is 204. The predicted octanol–water partition coefficient (Wildman–Crippen LogP) is 39.9. The van der Waals surface area contributed by atoms with Gasteiger partial charge in [0.25, 0.3) is 0 Å². The maximum absolute atomic E-state index is 5.10. The third-order valence-electron chi connectivity index (χ3n) is 28.5. The number of benzene rings is 25. The van der Waals surface area contributed by atoms with Gasteiger partial charge < -0.3 is 14.7 Å². The van der Waals surface area contributed by atoms with Gasteiger partial charge in [-0.25, -0.2) is 4.98 Å². The Labute approximate surface area is 846 Å². The van der Waals surface area contributed by atoms with Crippen LogP contribution < -0.4 is 14.7 Å². The highest BCUT2D eigenvalue weighted by molar-refractivity contribution is 6.23. The summed E-state index contributed by atoms with van der Waals surface area (Å²) < 4.78 is 0. The molecule has 0 saturated carbocycles. The molecule has 4 heteroatoms. The summed E-state index contributed by atoms with van der Waals surface area (Å²) in [6.07, 6.45) is 0. The summed E-state index contributed by atoms with van der Waals surface area (Å²) >= 11 is 0. The van der Waals surface area contributed by atoms with Gasteiger partial charge in [-0.3, -0.25) is 0 Å². The molecule has 0 saturated heterocycles. The van der Waals surface area contributed by atoms with Gasteiger partial charge in [-0.1, -0.05) is 458 Å². The van der Waals surface area contributed by atoms with Crippen molar-refractivity contribution in [2.24, 2.45) is 0 Å². The zero-order valence-corrected chi connectivity index (χ0v) is 81.0. The highest BCUT2D eigenvalue weighted by Gasteiger charge is 2.24. The van der Waals surface area contributed by atoms with Gasteiger partial charge in [0, 0.05) is 62.0 Å². The fraction of sp³-hybridized carbons (Fsp3) is 0.0284. The first-order valence-electron chi connectivity index (χ1n) is 50.0. The molecule has 0 N–H and O–H groups in total. The van der Waals surface area contributed by atoms with Crippen LogP contribution in [0.2, 0.25) is 0 Å². The van der Waals surface area contributed by atoms with Crippen LogP contribution in [-0.4, -0.2) is 4.98 Å². The van der Waals surface area contributed by atoms with Crippen molar-refractivity contribution in [2.75, 3.05) is 14.7 Å². The summed E-state index contributed by atoms with van der Waals surface area (Å²) in [6.45, 7) is 6.79. The van der Waals surface area contributed by atoms with E-state index >= 15 is 0 Å². The normalized spacial score (nSPS) is 11.4. The number of fused-ring (bicyclic) bond motifs is 15. The average molecular weight is 1850 g/mol. The molecule has 0 spiro atoms. The number of rotatable bonds is 17. The molecule has 1 aromatic heterocycles. The molecule has 0 atom stereocenters. The zero-order valence-electron chi connectivity index (χ0n) is 81.0. The minimum Gasteiger partial charge on any atom is -0.310 e. The SMILES string of the molecule is CC(C)(C)c1ccc(N(c2cccc(-c3cccc(-c4ccccc4)n3)c2)c2cccc3ccc4c5ccccc5ccc4c23)cc1.c1ccc(-c2ccc(N(c3ccc(-c4ccc5ccc6c7ccccc7ccc6c5c4)cc3)c3cccc(-c4ccccc4)c3)cc2)cc1.c1ccc(-c2ccc(N(c3ccc(-c4ccccc4)cc3)c3cccc(-c4ccc5ccc6c7ccccc7ccc6c5c4)c3)cc2)cc1. The molecule has 0 aliphatic heterocycles. The number of nitrogens with zero attached hydrogens (tertiary/aromatic N) is 4. The molecular formula is C141H102N4. The second kappa shape index (κ2) is 39.2. The first kappa shape index (κ1) is 89.0. The van der Waals surface area contributed by atoms with E-state index in [1.54, 1.807) is 0 Å². The summed E-state index contributed by atoms with van der Waals surface area (Å²) in [5, 5.41) is 22.9. The van der Waals surface area contributed by atoms with Crippen LogP contribution in [0.25, 0.3) is 186 Å². The Morgan fingerprint density at radius 3 is 0.814 bits per heavy atom. The van der Waals surface area contributed by atoms with Gasteiger partial charge in [0.15, 0.2) is 0 Å². The topological polar surface area (TPSA) is 22.6 Å². The van der Waals surface area contributed by atoms with E-state index in [4.69, 9.17) is 4.98 Å². The van der Waals surface area contributed by atoms with Gasteiger partial charge in [-0.2, -0.15) is 0 Å². The quantitative estimate of drug-likeness (QED) is 0.0848. The van der Waals surface area contributed by atoms with E-state index in [9.17, 15) is 0 Å². The van der Waals surface area contributed by atoms with Gasteiger partial charge >= 0.3 is 0 Å². The molecule has 26 aromatic rings. The first-order chi connectivity index (χ1) is 71.5. The number of hydrogen-bond donors (Lipinski definition) is 0. The molecule has 686 valence electrons. The smallest absolute Gasteiger partial charge is 0.0710 e.